The molecule has 0 bridgehead atoms. The van der Waals surface area contributed by atoms with E-state index >= 15 is 4.39 Å². The molecule has 0 saturated carbocycles. The van der Waals surface area contributed by atoms with Crippen LogP contribution in [0.5, 0.6) is 46.0 Å². The highest BCUT2D eigenvalue weighted by molar-refractivity contribution is 6.24. The summed E-state index contributed by atoms with van der Waals surface area (Å²) in [5.74, 6) is -0.177. The minimum absolute atomic E-state index is 0.0826. The van der Waals surface area contributed by atoms with Crippen LogP contribution in [-0.2, 0) is 0 Å². The van der Waals surface area contributed by atoms with Gasteiger partial charge in [-0.2, -0.15) is 0 Å². The monoisotopic (exact) mass is 881 g/mol. The molecule has 9 aromatic rings. The quantitative estimate of drug-likeness (QED) is 0.0851. The molecule has 0 atom stereocenters. The molecule has 0 saturated heterocycles. The van der Waals surface area contributed by atoms with Crippen LogP contribution in [0, 0.1) is 5.82 Å². The molecule has 8 aromatic carbocycles. The SMILES string of the molecule is COc1cc(O)c(-c2c(O)c(-c3cccc(O)c3)c(-c3cc(OC)ccc3-c3ccco3)c3c(-c4ccc(F)cc4)c(-c4ccc(N(C)C)cc4)c(-c4cc(O)cc(O)c4)cc23)c(OC)c1. The van der Waals surface area contributed by atoms with Crippen molar-refractivity contribution in [2.24, 2.45) is 0 Å². The minimum atomic E-state index is -0.478. The molecule has 0 radical (unpaired) electrons. The van der Waals surface area contributed by atoms with E-state index in [4.69, 9.17) is 18.6 Å². The minimum Gasteiger partial charge on any atom is -0.508 e. The van der Waals surface area contributed by atoms with Crippen LogP contribution >= 0.6 is 0 Å². The second-order valence-corrected chi connectivity index (χ2v) is 15.9. The molecule has 66 heavy (non-hydrogen) atoms. The first kappa shape index (κ1) is 42.7. The van der Waals surface area contributed by atoms with E-state index in [1.807, 2.05) is 67.5 Å². The molecule has 0 fully saturated rings. The van der Waals surface area contributed by atoms with Gasteiger partial charge in [0, 0.05) is 60.2 Å². The van der Waals surface area contributed by atoms with Crippen LogP contribution in [0.1, 0.15) is 0 Å². The third kappa shape index (κ3) is 7.56. The van der Waals surface area contributed by atoms with Gasteiger partial charge >= 0.3 is 0 Å². The molecule has 0 aliphatic rings. The average molecular weight is 882 g/mol. The molecule has 10 nitrogen and oxygen atoms in total. The lowest BCUT2D eigenvalue weighted by molar-refractivity contribution is 0.386. The second kappa shape index (κ2) is 17.2. The number of ether oxygens (including phenoxy) is 3. The van der Waals surface area contributed by atoms with Crippen LogP contribution in [0.3, 0.4) is 0 Å². The van der Waals surface area contributed by atoms with Crippen LogP contribution in [0.4, 0.5) is 10.1 Å². The fourth-order valence-corrected chi connectivity index (χ4v) is 8.82. The zero-order valence-corrected chi connectivity index (χ0v) is 36.6. The molecule has 0 unspecified atom stereocenters. The summed E-state index contributed by atoms with van der Waals surface area (Å²) in [5, 5.41) is 59.7. The summed E-state index contributed by atoms with van der Waals surface area (Å²) in [6.07, 6.45) is 1.56. The van der Waals surface area contributed by atoms with E-state index < -0.39 is 5.82 Å². The number of aromatic hydroxyl groups is 5. The lowest BCUT2D eigenvalue weighted by Crippen LogP contribution is -2.08. The number of rotatable bonds is 11. The normalized spacial score (nSPS) is 11.2. The first-order valence-electron chi connectivity index (χ1n) is 20.8. The lowest BCUT2D eigenvalue weighted by atomic mass is 9.76. The van der Waals surface area contributed by atoms with Crippen molar-refractivity contribution in [1.82, 2.24) is 0 Å². The van der Waals surface area contributed by atoms with Crippen LogP contribution in [0.15, 0.2) is 150 Å². The Bertz CT molecular complexity index is 3270. The van der Waals surface area contributed by atoms with Gasteiger partial charge in [-0.05, 0) is 140 Å². The van der Waals surface area contributed by atoms with Gasteiger partial charge in [-0.1, -0.05) is 36.4 Å². The number of phenols is 5. The van der Waals surface area contributed by atoms with Gasteiger partial charge in [0.05, 0.1) is 33.2 Å². The van der Waals surface area contributed by atoms with E-state index in [-0.39, 0.29) is 56.9 Å². The lowest BCUT2D eigenvalue weighted by Gasteiger charge is -2.28. The molecule has 0 aliphatic carbocycles. The number of halogens is 1. The van der Waals surface area contributed by atoms with E-state index in [1.165, 1.54) is 62.8 Å². The fourth-order valence-electron chi connectivity index (χ4n) is 8.82. The van der Waals surface area contributed by atoms with Crippen molar-refractivity contribution in [2.75, 3.05) is 40.3 Å². The van der Waals surface area contributed by atoms with Crippen LogP contribution in [0.25, 0.3) is 88.9 Å². The van der Waals surface area contributed by atoms with E-state index in [0.29, 0.717) is 77.9 Å². The number of hydrogen-bond acceptors (Lipinski definition) is 10. The highest BCUT2D eigenvalue weighted by atomic mass is 19.1. The molecule has 1 heterocycles. The van der Waals surface area contributed by atoms with Gasteiger partial charge in [-0.25, -0.2) is 4.39 Å². The average Bonchev–Trinajstić information content (AvgIpc) is 3.86. The van der Waals surface area contributed by atoms with E-state index in [2.05, 4.69) is 0 Å². The third-order valence-electron chi connectivity index (χ3n) is 11.8. The maximum Gasteiger partial charge on any atom is 0.134 e. The van der Waals surface area contributed by atoms with Crippen LogP contribution in [0.2, 0.25) is 0 Å². The summed E-state index contributed by atoms with van der Waals surface area (Å²) in [5.41, 5.74) is 6.68. The second-order valence-electron chi connectivity index (χ2n) is 15.9. The van der Waals surface area contributed by atoms with Crippen molar-refractivity contribution in [3.8, 4) is 124 Å². The molecular weight excluding hydrogens is 838 g/mol. The number of fused-ring (bicyclic) bond motifs is 1. The predicted octanol–water partition coefficient (Wildman–Crippen LogP) is 12.9. The highest BCUT2D eigenvalue weighted by Crippen LogP contribution is 2.60. The smallest absolute Gasteiger partial charge is 0.134 e. The van der Waals surface area contributed by atoms with Gasteiger partial charge in [0.15, 0.2) is 0 Å². The van der Waals surface area contributed by atoms with Crippen molar-refractivity contribution in [3.05, 3.63) is 152 Å². The first-order chi connectivity index (χ1) is 31.9. The molecule has 330 valence electrons. The maximum atomic E-state index is 15.2. The van der Waals surface area contributed by atoms with Gasteiger partial charge < -0.3 is 49.1 Å². The Kier molecular flexibility index (Phi) is 11.1. The summed E-state index contributed by atoms with van der Waals surface area (Å²) < 4.78 is 38.7. The third-order valence-corrected chi connectivity index (χ3v) is 11.8. The van der Waals surface area contributed by atoms with Gasteiger partial charge in [-0.3, -0.25) is 0 Å². The summed E-state index contributed by atoms with van der Waals surface area (Å²) in [4.78, 5) is 1.97. The van der Waals surface area contributed by atoms with Gasteiger partial charge in [-0.15, -0.1) is 0 Å². The fraction of sp³-hybridized carbons (Fsp3) is 0.0909. The number of furan rings is 1. The molecule has 5 N–H and O–H groups in total. The topological polar surface area (TPSA) is 145 Å². The zero-order chi connectivity index (χ0) is 46.4. The highest BCUT2D eigenvalue weighted by Gasteiger charge is 2.32. The molecule has 1 aromatic heterocycles. The number of hydrogen-bond donors (Lipinski definition) is 5. The summed E-state index contributed by atoms with van der Waals surface area (Å²) in [6, 6.07) is 38.6. The van der Waals surface area contributed by atoms with Crippen molar-refractivity contribution in [1.29, 1.82) is 0 Å². The number of methoxy groups -OCH3 is 3. The van der Waals surface area contributed by atoms with Crippen LogP contribution < -0.4 is 19.1 Å². The van der Waals surface area contributed by atoms with Gasteiger partial charge in [0.2, 0.25) is 0 Å². The van der Waals surface area contributed by atoms with E-state index in [9.17, 15) is 25.5 Å². The zero-order valence-electron chi connectivity index (χ0n) is 36.6. The van der Waals surface area contributed by atoms with Crippen molar-refractivity contribution in [3.63, 3.8) is 0 Å². The van der Waals surface area contributed by atoms with Crippen LogP contribution in [-0.4, -0.2) is 61.0 Å². The Balaban J connectivity index is 1.66. The number of anilines is 1. The Morgan fingerprint density at radius 3 is 1.80 bits per heavy atom. The van der Waals surface area contributed by atoms with E-state index in [1.54, 1.807) is 55.8 Å². The Morgan fingerprint density at radius 2 is 1.17 bits per heavy atom. The number of phenolic OH excluding ortho intramolecular Hbond substituents is 5. The predicted molar refractivity (Wildman–Crippen MR) is 257 cm³/mol. The Labute approximate surface area is 379 Å². The summed E-state index contributed by atoms with van der Waals surface area (Å²) >= 11 is 0. The summed E-state index contributed by atoms with van der Waals surface area (Å²) in [6.45, 7) is 0. The largest absolute Gasteiger partial charge is 0.508 e. The van der Waals surface area contributed by atoms with Gasteiger partial charge in [0.1, 0.15) is 57.6 Å². The van der Waals surface area contributed by atoms with Gasteiger partial charge in [0.25, 0.3) is 0 Å². The van der Waals surface area contributed by atoms with Crippen molar-refractivity contribution >= 4 is 16.5 Å². The standard InChI is InChI=1S/C55H44FNO9/c1-57(2)35-17-13-30(14-18-35)48-42(33-23-37(59)25-38(60)24-33)29-44-52(49(48)31-11-15-34(56)16-12-31)51(43-26-39(63-3)19-20-41(43)46-10-7-21-66-46)50(32-8-6-9-36(58)22-32)55(62)53(44)54-45(61)27-40(64-4)28-47(54)65-5/h6-29,58-62H,1-5H3. The molecule has 0 amide bonds. The Morgan fingerprint density at radius 1 is 0.485 bits per heavy atom. The number of benzene rings is 8. The molecule has 11 heteroatoms. The summed E-state index contributed by atoms with van der Waals surface area (Å²) in [7, 11) is 8.32. The van der Waals surface area contributed by atoms with Crippen molar-refractivity contribution in [2.45, 2.75) is 0 Å². The molecular formula is C55H44FNO9. The van der Waals surface area contributed by atoms with Crippen molar-refractivity contribution < 1.29 is 48.6 Å². The first-order valence-corrected chi connectivity index (χ1v) is 20.8. The molecule has 9 rings (SSSR count). The maximum absolute atomic E-state index is 15.2. The van der Waals surface area contributed by atoms with E-state index in [0.717, 1.165) is 5.69 Å². The number of nitrogens with zero attached hydrogens (tertiary/aromatic N) is 1. The Hall–Kier alpha value is -8.57. The molecule has 0 aliphatic heterocycles. The molecule has 0 spiro atoms.